The third-order valence-electron chi connectivity index (χ3n) is 6.34. The molecule has 6 nitrogen and oxygen atoms in total. The zero-order valence-electron chi connectivity index (χ0n) is 18.5. The van der Waals surface area contributed by atoms with Crippen LogP contribution in [0.4, 0.5) is 5.69 Å². The van der Waals surface area contributed by atoms with Gasteiger partial charge in [-0.25, -0.2) is 4.79 Å². The number of ether oxygens (including phenoxy) is 3. The van der Waals surface area contributed by atoms with Crippen LogP contribution in [0.1, 0.15) is 30.7 Å². The highest BCUT2D eigenvalue weighted by Gasteiger charge is 2.56. The molecule has 166 valence electrons. The number of carbonyl (C=O) groups is 2. The van der Waals surface area contributed by atoms with Gasteiger partial charge >= 0.3 is 11.9 Å². The zero-order valence-corrected chi connectivity index (χ0v) is 18.5. The highest BCUT2D eigenvalue weighted by atomic mass is 16.5. The monoisotopic (exact) mass is 433 g/mol. The van der Waals surface area contributed by atoms with Gasteiger partial charge in [0.2, 0.25) is 0 Å². The second-order valence-electron chi connectivity index (χ2n) is 7.91. The van der Waals surface area contributed by atoms with E-state index in [2.05, 4.69) is 6.08 Å². The lowest BCUT2D eigenvalue weighted by Gasteiger charge is -2.49. The normalized spacial score (nSPS) is 22.2. The largest absolute Gasteiger partial charge is 0.497 e. The number of carbonyl (C=O) groups excluding carboxylic acids is 2. The molecule has 2 unspecified atom stereocenters. The summed E-state index contributed by atoms with van der Waals surface area (Å²) in [7, 11) is 4.39. The van der Waals surface area contributed by atoms with E-state index in [1.54, 1.807) is 7.11 Å². The minimum absolute atomic E-state index is 0.309. The average molecular weight is 434 g/mol. The number of hydrogen-bond donors (Lipinski definition) is 0. The molecule has 0 N–H and O–H groups in total. The first-order valence-corrected chi connectivity index (χ1v) is 10.6. The van der Waals surface area contributed by atoms with Crippen molar-refractivity contribution in [3.05, 3.63) is 83.7 Å². The Labute approximate surface area is 188 Å². The molecule has 0 amide bonds. The standard InChI is InChI=1S/C26H27NO5/c1-30-20-14-12-19(13-15-20)27-22(24(28)31-2)17-21(18-9-5-4-6-10-18)26(25(29)32-3)16-8-7-11-23(26)27/h4-6,9-15,17,21H,7-8,16H2,1-3H3. The number of anilines is 1. The number of fused-ring (bicyclic) bond motifs is 1. The number of nitrogens with zero attached hydrogens (tertiary/aromatic N) is 1. The van der Waals surface area contributed by atoms with Crippen molar-refractivity contribution in [1.29, 1.82) is 0 Å². The first-order chi connectivity index (χ1) is 15.6. The van der Waals surface area contributed by atoms with Gasteiger partial charge in [0.15, 0.2) is 0 Å². The molecule has 2 aliphatic rings. The molecule has 6 heteroatoms. The van der Waals surface area contributed by atoms with Gasteiger partial charge in [0.25, 0.3) is 0 Å². The summed E-state index contributed by atoms with van der Waals surface area (Å²) in [5.74, 6) is -0.442. The van der Waals surface area contributed by atoms with Crippen LogP contribution in [0.5, 0.6) is 5.75 Å². The Morgan fingerprint density at radius 3 is 2.31 bits per heavy atom. The van der Waals surface area contributed by atoms with Gasteiger partial charge in [-0.15, -0.1) is 0 Å². The summed E-state index contributed by atoms with van der Waals surface area (Å²) in [6.45, 7) is 0. The lowest BCUT2D eigenvalue weighted by molar-refractivity contribution is -0.152. The van der Waals surface area contributed by atoms with Crippen LogP contribution >= 0.6 is 0 Å². The minimum Gasteiger partial charge on any atom is -0.497 e. The summed E-state index contributed by atoms with van der Waals surface area (Å²) in [6.07, 6.45) is 6.17. The van der Waals surface area contributed by atoms with Gasteiger partial charge in [0.1, 0.15) is 16.9 Å². The van der Waals surface area contributed by atoms with Crippen LogP contribution in [-0.4, -0.2) is 33.3 Å². The molecule has 0 bridgehead atoms. The Morgan fingerprint density at radius 1 is 0.969 bits per heavy atom. The molecule has 0 fully saturated rings. The van der Waals surface area contributed by atoms with Gasteiger partial charge in [-0.05, 0) is 55.2 Å². The molecule has 2 atom stereocenters. The van der Waals surface area contributed by atoms with Crippen molar-refractivity contribution < 1.29 is 23.8 Å². The molecular weight excluding hydrogens is 406 g/mol. The lowest BCUT2D eigenvalue weighted by atomic mass is 9.62. The summed E-state index contributed by atoms with van der Waals surface area (Å²) < 4.78 is 15.8. The highest BCUT2D eigenvalue weighted by molar-refractivity contribution is 5.98. The first-order valence-electron chi connectivity index (χ1n) is 10.6. The maximum Gasteiger partial charge on any atom is 0.354 e. The van der Waals surface area contributed by atoms with E-state index in [0.29, 0.717) is 17.9 Å². The minimum atomic E-state index is -0.953. The number of benzene rings is 2. The number of rotatable bonds is 5. The van der Waals surface area contributed by atoms with E-state index in [0.717, 1.165) is 29.8 Å². The van der Waals surface area contributed by atoms with E-state index in [-0.39, 0.29) is 11.9 Å². The maximum absolute atomic E-state index is 13.5. The fourth-order valence-corrected chi connectivity index (χ4v) is 4.87. The lowest BCUT2D eigenvalue weighted by Crippen LogP contribution is -2.50. The molecular formula is C26H27NO5. The summed E-state index contributed by atoms with van der Waals surface area (Å²) >= 11 is 0. The Bertz CT molecular complexity index is 1060. The Balaban J connectivity index is 2.00. The summed E-state index contributed by atoms with van der Waals surface area (Å²) in [5.41, 5.74) is 1.86. The third kappa shape index (κ3) is 3.45. The van der Waals surface area contributed by atoms with Crippen molar-refractivity contribution in [3.63, 3.8) is 0 Å². The Kier molecular flexibility index (Phi) is 6.04. The highest BCUT2D eigenvalue weighted by Crippen LogP contribution is 2.56. The molecule has 0 spiro atoms. The predicted octanol–water partition coefficient (Wildman–Crippen LogP) is 4.58. The SMILES string of the molecule is COC(=O)C1=CC(c2ccccc2)C2(C(=O)OC)CCCC=C2N1c1ccc(OC)cc1. The van der Waals surface area contributed by atoms with E-state index in [4.69, 9.17) is 14.2 Å². The van der Waals surface area contributed by atoms with Crippen molar-refractivity contribution >= 4 is 17.6 Å². The van der Waals surface area contributed by atoms with Crippen molar-refractivity contribution in [2.45, 2.75) is 25.2 Å². The van der Waals surface area contributed by atoms with Crippen LogP contribution in [0.2, 0.25) is 0 Å². The van der Waals surface area contributed by atoms with Crippen molar-refractivity contribution in [3.8, 4) is 5.75 Å². The zero-order chi connectivity index (χ0) is 22.7. The summed E-state index contributed by atoms with van der Waals surface area (Å²) in [6, 6.07) is 17.2. The molecule has 0 saturated heterocycles. The number of allylic oxidation sites excluding steroid dienone is 2. The molecule has 1 aliphatic heterocycles. The molecule has 4 rings (SSSR count). The fraction of sp³-hybridized carbons (Fsp3) is 0.308. The maximum atomic E-state index is 13.5. The Morgan fingerprint density at radius 2 is 1.69 bits per heavy atom. The van der Waals surface area contributed by atoms with E-state index in [9.17, 15) is 9.59 Å². The molecule has 0 aromatic heterocycles. The number of methoxy groups -OCH3 is 3. The van der Waals surface area contributed by atoms with Crippen molar-refractivity contribution in [2.75, 3.05) is 26.2 Å². The van der Waals surface area contributed by atoms with Crippen LogP contribution < -0.4 is 9.64 Å². The molecule has 2 aromatic carbocycles. The fourth-order valence-electron chi connectivity index (χ4n) is 4.87. The van der Waals surface area contributed by atoms with E-state index in [1.165, 1.54) is 14.2 Å². The molecule has 32 heavy (non-hydrogen) atoms. The molecule has 0 radical (unpaired) electrons. The second-order valence-corrected chi connectivity index (χ2v) is 7.91. The van der Waals surface area contributed by atoms with E-state index >= 15 is 0 Å². The van der Waals surface area contributed by atoms with Crippen LogP contribution in [0.15, 0.2) is 78.1 Å². The average Bonchev–Trinajstić information content (AvgIpc) is 2.87. The van der Waals surface area contributed by atoms with Gasteiger partial charge in [-0.2, -0.15) is 0 Å². The summed E-state index contributed by atoms with van der Waals surface area (Å²) in [5, 5.41) is 0. The molecule has 1 heterocycles. The quantitative estimate of drug-likeness (QED) is 0.643. The first kappa shape index (κ1) is 21.7. The van der Waals surface area contributed by atoms with Crippen LogP contribution in [0.3, 0.4) is 0 Å². The van der Waals surface area contributed by atoms with Gasteiger partial charge in [0, 0.05) is 17.3 Å². The number of esters is 2. The van der Waals surface area contributed by atoms with Crippen LogP contribution in [0, 0.1) is 5.41 Å². The second kappa shape index (κ2) is 8.91. The topological polar surface area (TPSA) is 65.1 Å². The smallest absolute Gasteiger partial charge is 0.354 e. The van der Waals surface area contributed by atoms with E-state index < -0.39 is 11.4 Å². The molecule has 1 aliphatic carbocycles. The van der Waals surface area contributed by atoms with Crippen LogP contribution in [-0.2, 0) is 19.1 Å². The van der Waals surface area contributed by atoms with Gasteiger partial charge in [-0.1, -0.05) is 36.4 Å². The van der Waals surface area contributed by atoms with Gasteiger partial charge in [0.05, 0.1) is 21.3 Å². The van der Waals surface area contributed by atoms with E-state index in [1.807, 2.05) is 65.6 Å². The summed E-state index contributed by atoms with van der Waals surface area (Å²) in [4.78, 5) is 28.3. The van der Waals surface area contributed by atoms with Gasteiger partial charge < -0.3 is 19.1 Å². The Hall–Kier alpha value is -3.54. The van der Waals surface area contributed by atoms with Crippen molar-refractivity contribution in [2.24, 2.45) is 5.41 Å². The molecule has 0 saturated carbocycles. The van der Waals surface area contributed by atoms with Gasteiger partial charge in [-0.3, -0.25) is 4.79 Å². The molecule has 2 aromatic rings. The van der Waals surface area contributed by atoms with Crippen LogP contribution in [0.25, 0.3) is 0 Å². The van der Waals surface area contributed by atoms with Crippen molar-refractivity contribution in [1.82, 2.24) is 0 Å². The predicted molar refractivity (Wildman–Crippen MR) is 121 cm³/mol. The third-order valence-corrected chi connectivity index (χ3v) is 6.34. The number of hydrogen-bond acceptors (Lipinski definition) is 6.